The van der Waals surface area contributed by atoms with Crippen molar-refractivity contribution in [3.05, 3.63) is 69.5 Å². The van der Waals surface area contributed by atoms with Gasteiger partial charge in [-0.25, -0.2) is 13.2 Å². The fraction of sp³-hybridized carbons (Fsp3) is 0.333. The summed E-state index contributed by atoms with van der Waals surface area (Å²) in [6.07, 6.45) is 1.41. The minimum Gasteiger partial charge on any atom is -0.377 e. The number of nitrogens with one attached hydrogen (secondary N) is 1. The molecule has 1 aliphatic rings. The second-order valence-electron chi connectivity index (χ2n) is 6.36. The van der Waals surface area contributed by atoms with Crippen LogP contribution in [0.3, 0.4) is 0 Å². The van der Waals surface area contributed by atoms with Crippen molar-refractivity contribution in [1.29, 1.82) is 0 Å². The Morgan fingerprint density at radius 3 is 2.46 bits per heavy atom. The van der Waals surface area contributed by atoms with E-state index in [1.807, 2.05) is 0 Å². The predicted molar refractivity (Wildman–Crippen MR) is 91.3 cm³/mol. The predicted octanol–water partition coefficient (Wildman–Crippen LogP) is 4.09. The zero-order chi connectivity index (χ0) is 18.7. The fourth-order valence-electron chi connectivity index (χ4n) is 3.13. The van der Waals surface area contributed by atoms with E-state index in [1.165, 1.54) is 6.07 Å². The van der Waals surface area contributed by atoms with Crippen molar-refractivity contribution in [3.63, 3.8) is 0 Å². The molecule has 0 saturated carbocycles. The van der Waals surface area contributed by atoms with E-state index in [9.17, 15) is 23.3 Å². The zero-order valence-corrected chi connectivity index (χ0v) is 13.9. The minimum absolute atomic E-state index is 0.0169. The summed E-state index contributed by atoms with van der Waals surface area (Å²) < 4.78 is 39.7. The number of benzene rings is 2. The molecule has 1 aliphatic heterocycles. The summed E-state index contributed by atoms with van der Waals surface area (Å²) in [6.45, 7) is 1.89. The molecule has 138 valence electrons. The first-order valence-corrected chi connectivity index (χ1v) is 8.29. The molecule has 0 aromatic heterocycles. The Bertz CT molecular complexity index is 808. The van der Waals surface area contributed by atoms with E-state index in [1.54, 1.807) is 6.07 Å². The molecule has 0 atom stereocenters. The van der Waals surface area contributed by atoms with Crippen molar-refractivity contribution in [2.24, 2.45) is 0 Å². The summed E-state index contributed by atoms with van der Waals surface area (Å²) in [5.41, 5.74) is 0.709. The van der Waals surface area contributed by atoms with Gasteiger partial charge in [-0.15, -0.1) is 0 Å². The summed E-state index contributed by atoms with van der Waals surface area (Å²) in [6, 6.07) is 7.18. The third-order valence-electron chi connectivity index (χ3n) is 4.49. The van der Waals surface area contributed by atoms with E-state index in [0.717, 1.165) is 24.3 Å². The van der Waals surface area contributed by atoms with E-state index in [2.05, 4.69) is 10.2 Å². The summed E-state index contributed by atoms with van der Waals surface area (Å²) >= 11 is 0. The van der Waals surface area contributed by atoms with E-state index >= 15 is 0 Å². The first kappa shape index (κ1) is 18.2. The topological polar surface area (TPSA) is 58.4 Å². The average molecular weight is 365 g/mol. The van der Waals surface area contributed by atoms with Gasteiger partial charge in [0, 0.05) is 37.8 Å². The van der Waals surface area contributed by atoms with Gasteiger partial charge in [-0.05, 0) is 36.6 Å². The maximum Gasteiger partial charge on any atom is 0.292 e. The van der Waals surface area contributed by atoms with Gasteiger partial charge in [0.05, 0.1) is 4.92 Å². The van der Waals surface area contributed by atoms with Crippen molar-refractivity contribution in [2.45, 2.75) is 25.4 Å². The molecule has 0 radical (unpaired) electrons. The van der Waals surface area contributed by atoms with Crippen molar-refractivity contribution in [2.75, 3.05) is 18.4 Å². The quantitative estimate of drug-likeness (QED) is 0.641. The lowest BCUT2D eigenvalue weighted by molar-refractivity contribution is -0.384. The van der Waals surface area contributed by atoms with Crippen LogP contribution in [0.2, 0.25) is 0 Å². The van der Waals surface area contributed by atoms with Gasteiger partial charge in [0.25, 0.3) is 5.69 Å². The summed E-state index contributed by atoms with van der Waals surface area (Å²) in [4.78, 5) is 12.6. The molecule has 1 saturated heterocycles. The average Bonchev–Trinajstić information content (AvgIpc) is 2.60. The number of hydrogen-bond acceptors (Lipinski definition) is 4. The Hall–Kier alpha value is -2.61. The van der Waals surface area contributed by atoms with Crippen LogP contribution in [0.5, 0.6) is 0 Å². The van der Waals surface area contributed by atoms with Gasteiger partial charge in [-0.2, -0.15) is 0 Å². The van der Waals surface area contributed by atoms with E-state index < -0.39 is 22.4 Å². The molecule has 0 spiro atoms. The molecule has 0 unspecified atom stereocenters. The molecule has 26 heavy (non-hydrogen) atoms. The van der Waals surface area contributed by atoms with Crippen molar-refractivity contribution >= 4 is 11.4 Å². The van der Waals surface area contributed by atoms with Crippen molar-refractivity contribution in [3.8, 4) is 0 Å². The normalized spacial score (nSPS) is 15.8. The highest BCUT2D eigenvalue weighted by Gasteiger charge is 2.23. The number of hydrogen-bond donors (Lipinski definition) is 1. The maximum absolute atomic E-state index is 13.4. The Labute approximate surface area is 148 Å². The van der Waals surface area contributed by atoms with Crippen LogP contribution in [0.25, 0.3) is 0 Å². The molecule has 0 bridgehead atoms. The molecular formula is C18H18F3N3O2. The molecule has 0 aliphatic carbocycles. The lowest BCUT2D eigenvalue weighted by atomic mass is 10.0. The highest BCUT2D eigenvalue weighted by molar-refractivity contribution is 5.61. The number of nitro groups is 1. The maximum atomic E-state index is 13.4. The van der Waals surface area contributed by atoms with E-state index in [0.29, 0.717) is 38.0 Å². The number of nitrogens with zero attached hydrogens (tertiary/aromatic N) is 2. The summed E-state index contributed by atoms with van der Waals surface area (Å²) in [7, 11) is 0. The van der Waals surface area contributed by atoms with Gasteiger partial charge in [0.1, 0.15) is 11.5 Å². The smallest absolute Gasteiger partial charge is 0.292 e. The van der Waals surface area contributed by atoms with Crippen LogP contribution in [0, 0.1) is 27.6 Å². The van der Waals surface area contributed by atoms with Crippen LogP contribution < -0.4 is 5.32 Å². The number of rotatable bonds is 5. The van der Waals surface area contributed by atoms with Gasteiger partial charge in [0.2, 0.25) is 0 Å². The highest BCUT2D eigenvalue weighted by Crippen LogP contribution is 2.27. The van der Waals surface area contributed by atoms with E-state index in [4.69, 9.17) is 0 Å². The third kappa shape index (κ3) is 4.32. The first-order valence-electron chi connectivity index (χ1n) is 8.29. The SMILES string of the molecule is O=[N+]([O-])c1ccc(F)cc1NC1CCN(Cc2ccc(F)c(F)c2)CC1. The van der Waals surface area contributed by atoms with Crippen LogP contribution in [0.1, 0.15) is 18.4 Å². The molecule has 8 heteroatoms. The second kappa shape index (κ2) is 7.74. The number of likely N-dealkylation sites (tertiary alicyclic amines) is 1. The zero-order valence-electron chi connectivity index (χ0n) is 13.9. The monoisotopic (exact) mass is 365 g/mol. The molecule has 5 nitrogen and oxygen atoms in total. The van der Waals surface area contributed by atoms with Crippen LogP contribution in [0.4, 0.5) is 24.5 Å². The van der Waals surface area contributed by atoms with Crippen LogP contribution in [-0.4, -0.2) is 29.0 Å². The Morgan fingerprint density at radius 1 is 1.08 bits per heavy atom. The Morgan fingerprint density at radius 2 is 1.81 bits per heavy atom. The van der Waals surface area contributed by atoms with Gasteiger partial charge in [-0.1, -0.05) is 6.07 Å². The Balaban J connectivity index is 1.58. The largest absolute Gasteiger partial charge is 0.377 e. The van der Waals surface area contributed by atoms with Gasteiger partial charge < -0.3 is 5.32 Å². The number of halogens is 3. The lowest BCUT2D eigenvalue weighted by Gasteiger charge is -2.32. The minimum atomic E-state index is -0.867. The van der Waals surface area contributed by atoms with E-state index in [-0.39, 0.29) is 17.4 Å². The van der Waals surface area contributed by atoms with Crippen molar-refractivity contribution in [1.82, 2.24) is 4.90 Å². The van der Waals surface area contributed by atoms with Gasteiger partial charge >= 0.3 is 0 Å². The fourth-order valence-corrected chi connectivity index (χ4v) is 3.13. The molecular weight excluding hydrogens is 347 g/mol. The second-order valence-corrected chi connectivity index (χ2v) is 6.36. The molecule has 2 aromatic carbocycles. The lowest BCUT2D eigenvalue weighted by Crippen LogP contribution is -2.38. The number of nitro benzene ring substituents is 1. The van der Waals surface area contributed by atoms with Crippen molar-refractivity contribution < 1.29 is 18.1 Å². The molecule has 1 fully saturated rings. The highest BCUT2D eigenvalue weighted by atomic mass is 19.2. The van der Waals surface area contributed by atoms with Crippen LogP contribution in [-0.2, 0) is 6.54 Å². The molecule has 1 heterocycles. The van der Waals surface area contributed by atoms with Gasteiger partial charge in [-0.3, -0.25) is 15.0 Å². The van der Waals surface area contributed by atoms with Crippen LogP contribution >= 0.6 is 0 Å². The van der Waals surface area contributed by atoms with Crippen LogP contribution in [0.15, 0.2) is 36.4 Å². The number of anilines is 1. The standard InChI is InChI=1S/C18H18F3N3O2/c19-13-2-4-18(24(25)26)17(10-13)22-14-5-7-23(8-6-14)11-12-1-3-15(20)16(21)9-12/h1-4,9-10,14,22H,5-8,11H2. The Kier molecular flexibility index (Phi) is 5.41. The number of piperidine rings is 1. The third-order valence-corrected chi connectivity index (χ3v) is 4.49. The first-order chi connectivity index (χ1) is 12.4. The van der Waals surface area contributed by atoms with Gasteiger partial charge in [0.15, 0.2) is 11.6 Å². The molecule has 1 N–H and O–H groups in total. The molecule has 3 rings (SSSR count). The summed E-state index contributed by atoms with van der Waals surface area (Å²) in [5, 5.41) is 14.1. The molecule has 0 amide bonds. The summed E-state index contributed by atoms with van der Waals surface area (Å²) in [5.74, 6) is -2.26. The molecule has 2 aromatic rings.